The van der Waals surface area contributed by atoms with Crippen molar-refractivity contribution in [3.63, 3.8) is 0 Å². The van der Waals surface area contributed by atoms with E-state index in [-0.39, 0.29) is 10.0 Å². The molecule has 1 heterocycles. The number of benzene rings is 4. The number of pyridine rings is 1. The highest BCUT2D eigenvalue weighted by molar-refractivity contribution is 6.91. The molecule has 0 saturated heterocycles. The van der Waals surface area contributed by atoms with E-state index in [0.717, 1.165) is 54.3 Å². The van der Waals surface area contributed by atoms with Crippen molar-refractivity contribution in [3.05, 3.63) is 73.8 Å². The molecule has 0 saturated carbocycles. The number of fused-ring (bicyclic) bond motifs is 4. The largest absolute Gasteiger partial charge is 0.256 e. The van der Waals surface area contributed by atoms with Gasteiger partial charge in [0.25, 0.3) is 0 Å². The zero-order valence-corrected chi connectivity index (χ0v) is 36.5. The Morgan fingerprint density at radius 3 is 1.22 bits per heavy atom. The highest BCUT2D eigenvalue weighted by Gasteiger charge is 2.43. The van der Waals surface area contributed by atoms with Gasteiger partial charge in [-0.25, -0.2) is 0 Å². The van der Waals surface area contributed by atoms with E-state index >= 15 is 0 Å². The molecular formula is C43H49Cl4NSi2. The summed E-state index contributed by atoms with van der Waals surface area (Å²) in [6.45, 7) is 28.2. The maximum Gasteiger partial charge on any atom is 0.146 e. The third kappa shape index (κ3) is 6.29. The molecule has 7 heteroatoms. The average Bonchev–Trinajstić information content (AvgIpc) is 3.05. The van der Waals surface area contributed by atoms with E-state index in [0.29, 0.717) is 43.3 Å². The highest BCUT2D eigenvalue weighted by Crippen LogP contribution is 2.47. The molecule has 0 fully saturated rings. The fraction of sp³-hybridized carbons (Fsp3) is 0.419. The van der Waals surface area contributed by atoms with Crippen molar-refractivity contribution >= 4 is 106 Å². The average molecular weight is 778 g/mol. The fourth-order valence-corrected chi connectivity index (χ4v) is 20.5. The molecule has 0 bridgehead atoms. The van der Waals surface area contributed by atoms with Gasteiger partial charge in [-0.1, -0.05) is 147 Å². The Bertz CT molecular complexity index is 2060. The Kier molecular flexibility index (Phi) is 11.4. The summed E-state index contributed by atoms with van der Waals surface area (Å²) < 4.78 is 0. The second-order valence-electron chi connectivity index (χ2n) is 15.8. The van der Waals surface area contributed by atoms with E-state index in [1.165, 1.54) is 0 Å². The predicted molar refractivity (Wildman–Crippen MR) is 230 cm³/mol. The van der Waals surface area contributed by atoms with Crippen LogP contribution in [0.25, 0.3) is 43.2 Å². The van der Waals surface area contributed by atoms with Crippen molar-refractivity contribution in [3.8, 4) is 22.9 Å². The van der Waals surface area contributed by atoms with Crippen LogP contribution < -0.4 is 0 Å². The Morgan fingerprint density at radius 2 is 0.840 bits per heavy atom. The lowest BCUT2D eigenvalue weighted by atomic mass is 9.89. The fourth-order valence-electron chi connectivity index (χ4n) is 9.11. The smallest absolute Gasteiger partial charge is 0.146 e. The SMILES string of the molecule is CC(C)[Si](C#Cc1c2cc3cccnc3cc2c(C#C[Si](C(C)C)(C(C)C)C(C)C)c2cc3c(Cl)c(Cl)c(Cl)c(Cl)c3cc12)(C(C)C)C(C)C. The van der Waals surface area contributed by atoms with Gasteiger partial charge in [0.15, 0.2) is 0 Å². The number of aromatic nitrogens is 1. The molecule has 0 aliphatic rings. The Morgan fingerprint density at radius 1 is 0.480 bits per heavy atom. The van der Waals surface area contributed by atoms with Crippen LogP contribution in [0.15, 0.2) is 42.6 Å². The van der Waals surface area contributed by atoms with Gasteiger partial charge in [-0.2, -0.15) is 0 Å². The van der Waals surface area contributed by atoms with Crippen molar-refractivity contribution in [1.82, 2.24) is 4.98 Å². The van der Waals surface area contributed by atoms with Gasteiger partial charge in [-0.3, -0.25) is 4.98 Å². The van der Waals surface area contributed by atoms with E-state index in [2.05, 4.69) is 136 Å². The quantitative estimate of drug-likeness (QED) is 0.0550. The molecule has 0 unspecified atom stereocenters. The summed E-state index contributed by atoms with van der Waals surface area (Å²) in [5.74, 6) is 7.74. The summed E-state index contributed by atoms with van der Waals surface area (Å²) >= 11 is 27.2. The Labute approximate surface area is 321 Å². The zero-order valence-electron chi connectivity index (χ0n) is 31.5. The van der Waals surface area contributed by atoms with Crippen LogP contribution in [0.5, 0.6) is 0 Å². The van der Waals surface area contributed by atoms with Crippen LogP contribution in [0, 0.1) is 22.9 Å². The van der Waals surface area contributed by atoms with Crippen molar-refractivity contribution in [2.24, 2.45) is 0 Å². The molecular weight excluding hydrogens is 728 g/mol. The Balaban J connectivity index is 2.11. The molecule has 1 aromatic heterocycles. The minimum absolute atomic E-state index is 0.251. The van der Waals surface area contributed by atoms with Gasteiger partial charge in [0, 0.05) is 38.9 Å². The standard InChI is InChI=1S/C43H49Cl4NSi2/c1-24(2)49(25(3)4,26(5)6)18-15-31-33-20-30-14-13-17-48-39(30)23-36(33)32(16-19-50(27(7)8,28(9)10)29(11)12)35-22-38-37(21-34(31)35)40(44)42(46)43(47)41(38)45/h13-14,17,20-29H,1-12H3. The number of hydrogen-bond acceptors (Lipinski definition) is 1. The maximum atomic E-state index is 6.96. The summed E-state index contributed by atoms with van der Waals surface area (Å²) in [7, 11) is -4.21. The lowest BCUT2D eigenvalue weighted by Gasteiger charge is -2.38. The molecule has 1 nitrogen and oxygen atoms in total. The first-order valence-electron chi connectivity index (χ1n) is 17.9. The highest BCUT2D eigenvalue weighted by atomic mass is 35.5. The van der Waals surface area contributed by atoms with Crippen molar-refractivity contribution in [2.45, 2.75) is 116 Å². The third-order valence-corrected chi connectivity index (χ3v) is 26.0. The molecule has 0 N–H and O–H groups in total. The summed E-state index contributed by atoms with van der Waals surface area (Å²) in [6, 6.07) is 12.8. The van der Waals surface area contributed by atoms with E-state index in [1.807, 2.05) is 12.3 Å². The van der Waals surface area contributed by atoms with Crippen LogP contribution in [0.4, 0.5) is 0 Å². The molecule has 5 aromatic rings. The van der Waals surface area contributed by atoms with E-state index in [1.54, 1.807) is 0 Å². The van der Waals surface area contributed by atoms with Gasteiger partial charge in [-0.15, -0.1) is 11.1 Å². The molecule has 0 radical (unpaired) electrons. The first kappa shape index (κ1) is 39.0. The van der Waals surface area contributed by atoms with Crippen LogP contribution in [0.2, 0.25) is 53.3 Å². The molecule has 0 spiro atoms. The Hall–Kier alpha value is -2.22. The molecule has 5 rings (SSSR count). The minimum atomic E-state index is -2.11. The minimum Gasteiger partial charge on any atom is -0.256 e. The maximum absolute atomic E-state index is 6.96. The van der Waals surface area contributed by atoms with Crippen LogP contribution in [0.3, 0.4) is 0 Å². The van der Waals surface area contributed by atoms with Gasteiger partial charge in [0.05, 0.1) is 25.6 Å². The molecule has 4 aromatic carbocycles. The molecule has 0 atom stereocenters. The lowest BCUT2D eigenvalue weighted by molar-refractivity contribution is 0.838. The third-order valence-electron chi connectivity index (χ3n) is 11.6. The number of rotatable bonds is 6. The second-order valence-corrected chi connectivity index (χ2v) is 28.5. The number of halogens is 4. The topological polar surface area (TPSA) is 12.9 Å². The molecule has 0 aliphatic heterocycles. The summed E-state index contributed by atoms with van der Waals surface area (Å²) in [6.07, 6.45) is 1.85. The summed E-state index contributed by atoms with van der Waals surface area (Å²) in [4.78, 5) is 4.79. The monoisotopic (exact) mass is 775 g/mol. The van der Waals surface area contributed by atoms with Crippen molar-refractivity contribution in [1.29, 1.82) is 0 Å². The van der Waals surface area contributed by atoms with Crippen LogP contribution in [-0.4, -0.2) is 21.1 Å². The lowest BCUT2D eigenvalue weighted by Crippen LogP contribution is -2.43. The summed E-state index contributed by atoms with van der Waals surface area (Å²) in [5.41, 5.74) is 13.8. The van der Waals surface area contributed by atoms with Crippen LogP contribution in [-0.2, 0) is 0 Å². The first-order valence-corrected chi connectivity index (χ1v) is 23.9. The van der Waals surface area contributed by atoms with Gasteiger partial charge in [0.1, 0.15) is 16.1 Å². The molecule has 0 aliphatic carbocycles. The predicted octanol–water partition coefficient (Wildman–Crippen LogP) is 15.4. The van der Waals surface area contributed by atoms with E-state index in [9.17, 15) is 0 Å². The van der Waals surface area contributed by atoms with E-state index in [4.69, 9.17) is 51.4 Å². The normalized spacial score (nSPS) is 12.8. The van der Waals surface area contributed by atoms with Gasteiger partial charge in [-0.05, 0) is 79.7 Å². The number of hydrogen-bond donors (Lipinski definition) is 0. The van der Waals surface area contributed by atoms with Crippen LogP contribution in [0.1, 0.15) is 94.2 Å². The van der Waals surface area contributed by atoms with Crippen molar-refractivity contribution < 1.29 is 0 Å². The molecule has 50 heavy (non-hydrogen) atoms. The molecule has 262 valence electrons. The first-order chi connectivity index (χ1) is 23.4. The molecule has 0 amide bonds. The van der Waals surface area contributed by atoms with Crippen molar-refractivity contribution in [2.75, 3.05) is 0 Å². The van der Waals surface area contributed by atoms with Gasteiger partial charge < -0.3 is 0 Å². The number of nitrogens with zero attached hydrogens (tertiary/aromatic N) is 1. The second kappa shape index (κ2) is 14.7. The van der Waals surface area contributed by atoms with Gasteiger partial charge in [0.2, 0.25) is 0 Å². The summed E-state index contributed by atoms with van der Waals surface area (Å²) in [5, 5.41) is 7.92. The van der Waals surface area contributed by atoms with E-state index < -0.39 is 16.1 Å². The zero-order chi connectivity index (χ0) is 37.0. The van der Waals surface area contributed by atoms with Crippen LogP contribution >= 0.6 is 46.4 Å². The van der Waals surface area contributed by atoms with Gasteiger partial charge >= 0.3 is 0 Å².